The molecule has 1 aliphatic heterocycles. The number of nitrogens with one attached hydrogen (secondary N) is 1. The van der Waals surface area contributed by atoms with Crippen LogP contribution < -0.4 is 14.4 Å². The number of nitro benzene ring substituents is 1. The van der Waals surface area contributed by atoms with Gasteiger partial charge < -0.3 is 10.1 Å². The number of ether oxygens (including phenoxy) is 1. The molecule has 1 unspecified atom stereocenters. The Hall–Kier alpha value is -2.85. The third-order valence-electron chi connectivity index (χ3n) is 4.44. The zero-order valence-electron chi connectivity index (χ0n) is 15.6. The Bertz CT molecular complexity index is 1090. The first-order valence-electron chi connectivity index (χ1n) is 8.56. The zero-order valence-corrected chi connectivity index (χ0v) is 17.2. The van der Waals surface area contributed by atoms with Crippen LogP contribution in [0.25, 0.3) is 0 Å². The van der Waals surface area contributed by atoms with Gasteiger partial charge in [-0.15, -0.1) is 0 Å². The molecule has 1 atom stereocenters. The number of carbonyl (C=O) groups excluding carboxylic acids is 1. The minimum Gasteiger partial charge on any atom is -0.478 e. The molecule has 0 saturated heterocycles. The summed E-state index contributed by atoms with van der Waals surface area (Å²) in [6.45, 7) is 1.72. The van der Waals surface area contributed by atoms with Crippen LogP contribution in [-0.4, -0.2) is 38.2 Å². The fourth-order valence-corrected chi connectivity index (χ4v) is 4.06. The number of aryl methyl sites for hydroxylation is 1. The number of sulfonamides is 1. The van der Waals surface area contributed by atoms with Gasteiger partial charge in [-0.2, -0.15) is 0 Å². The maximum atomic E-state index is 12.8. The van der Waals surface area contributed by atoms with Crippen LogP contribution in [0.1, 0.15) is 12.0 Å². The van der Waals surface area contributed by atoms with Crippen molar-refractivity contribution in [2.45, 2.75) is 19.4 Å². The van der Waals surface area contributed by atoms with E-state index in [2.05, 4.69) is 5.32 Å². The largest absolute Gasteiger partial charge is 0.478 e. The second-order valence-corrected chi connectivity index (χ2v) is 8.93. The first kappa shape index (κ1) is 20.9. The van der Waals surface area contributed by atoms with Crippen LogP contribution in [0.3, 0.4) is 0 Å². The van der Waals surface area contributed by atoms with Gasteiger partial charge in [0.25, 0.3) is 11.6 Å². The minimum atomic E-state index is -3.62. The fraction of sp³-hybridized carbons (Fsp3) is 0.278. The van der Waals surface area contributed by atoms with Crippen LogP contribution in [0.4, 0.5) is 17.1 Å². The lowest BCUT2D eigenvalue weighted by molar-refractivity contribution is -0.384. The van der Waals surface area contributed by atoms with Gasteiger partial charge >= 0.3 is 0 Å². The van der Waals surface area contributed by atoms with E-state index in [1.165, 1.54) is 36.4 Å². The van der Waals surface area contributed by atoms with Gasteiger partial charge in [0.15, 0.2) is 6.10 Å². The van der Waals surface area contributed by atoms with Crippen molar-refractivity contribution in [1.82, 2.24) is 0 Å². The van der Waals surface area contributed by atoms with E-state index < -0.39 is 27.0 Å². The van der Waals surface area contributed by atoms with Gasteiger partial charge in [-0.1, -0.05) is 17.7 Å². The number of fused-ring (bicyclic) bond motifs is 1. The Morgan fingerprint density at radius 2 is 2.03 bits per heavy atom. The molecule has 11 heteroatoms. The molecule has 2 aromatic carbocycles. The van der Waals surface area contributed by atoms with Gasteiger partial charge in [-0.25, -0.2) is 8.42 Å². The Kier molecular flexibility index (Phi) is 5.67. The van der Waals surface area contributed by atoms with Crippen molar-refractivity contribution in [3.8, 4) is 5.75 Å². The van der Waals surface area contributed by atoms with Crippen LogP contribution >= 0.6 is 11.6 Å². The van der Waals surface area contributed by atoms with E-state index >= 15 is 0 Å². The Labute approximate surface area is 172 Å². The predicted molar refractivity (Wildman–Crippen MR) is 109 cm³/mol. The molecule has 1 N–H and O–H groups in total. The molecule has 3 rings (SSSR count). The van der Waals surface area contributed by atoms with Crippen LogP contribution in [0.5, 0.6) is 5.75 Å². The molecule has 1 amide bonds. The smallest absolute Gasteiger partial charge is 0.271 e. The first-order chi connectivity index (χ1) is 13.6. The molecule has 1 aliphatic rings. The molecule has 0 bridgehead atoms. The van der Waals surface area contributed by atoms with Crippen molar-refractivity contribution in [1.29, 1.82) is 0 Å². The van der Waals surface area contributed by atoms with Crippen LogP contribution in [0.2, 0.25) is 5.02 Å². The first-order valence-corrected chi connectivity index (χ1v) is 10.8. The van der Waals surface area contributed by atoms with Gasteiger partial charge in [-0.3, -0.25) is 19.2 Å². The highest BCUT2D eigenvalue weighted by atomic mass is 35.5. The summed E-state index contributed by atoms with van der Waals surface area (Å²) in [7, 11) is -3.62. The number of nitrogens with zero attached hydrogens (tertiary/aromatic N) is 2. The molecule has 1 heterocycles. The highest BCUT2D eigenvalue weighted by Gasteiger charge is 2.31. The van der Waals surface area contributed by atoms with E-state index in [1.807, 2.05) is 0 Å². The molecule has 0 aromatic heterocycles. The number of rotatable bonds is 4. The number of halogens is 1. The lowest BCUT2D eigenvalue weighted by atomic mass is 10.1. The van der Waals surface area contributed by atoms with Gasteiger partial charge in [0.05, 0.1) is 22.6 Å². The van der Waals surface area contributed by atoms with Crippen molar-refractivity contribution in [2.24, 2.45) is 0 Å². The Morgan fingerprint density at radius 3 is 2.69 bits per heavy atom. The van der Waals surface area contributed by atoms with E-state index in [0.29, 0.717) is 10.6 Å². The van der Waals surface area contributed by atoms with E-state index in [4.69, 9.17) is 16.3 Å². The number of amides is 1. The van der Waals surface area contributed by atoms with Crippen LogP contribution in [-0.2, 0) is 14.8 Å². The van der Waals surface area contributed by atoms with Crippen molar-refractivity contribution in [3.05, 3.63) is 57.1 Å². The lowest BCUT2D eigenvalue weighted by Gasteiger charge is -2.21. The molecular weight excluding hydrogens is 422 g/mol. The maximum Gasteiger partial charge on any atom is 0.271 e. The second kappa shape index (κ2) is 7.88. The van der Waals surface area contributed by atoms with Crippen LogP contribution in [0.15, 0.2) is 36.4 Å². The number of nitro groups is 1. The summed E-state index contributed by atoms with van der Waals surface area (Å²) in [4.78, 5) is 23.2. The monoisotopic (exact) mass is 439 g/mol. The molecule has 0 spiro atoms. The summed E-state index contributed by atoms with van der Waals surface area (Å²) in [5, 5.41) is 14.0. The summed E-state index contributed by atoms with van der Waals surface area (Å²) < 4.78 is 31.3. The summed E-state index contributed by atoms with van der Waals surface area (Å²) in [5.41, 5.74) is 1.02. The quantitative estimate of drug-likeness (QED) is 0.577. The average molecular weight is 440 g/mol. The normalized spacial score (nSPS) is 16.4. The number of non-ortho nitro benzene ring substituents is 1. The molecule has 0 radical (unpaired) electrons. The zero-order chi connectivity index (χ0) is 21.3. The highest BCUT2D eigenvalue weighted by Crippen LogP contribution is 2.36. The molecule has 29 heavy (non-hydrogen) atoms. The van der Waals surface area contributed by atoms with E-state index in [1.54, 1.807) is 6.92 Å². The minimum absolute atomic E-state index is 0.0121. The molecule has 154 valence electrons. The maximum absolute atomic E-state index is 12.8. The molecule has 0 fully saturated rings. The third-order valence-corrected chi connectivity index (χ3v) is 5.85. The third kappa shape index (κ3) is 4.60. The van der Waals surface area contributed by atoms with E-state index in [9.17, 15) is 23.3 Å². The summed E-state index contributed by atoms with van der Waals surface area (Å²) in [6, 6.07) is 8.64. The summed E-state index contributed by atoms with van der Waals surface area (Å²) >= 11 is 6.00. The fourth-order valence-electron chi connectivity index (χ4n) is 2.95. The molecule has 0 aliphatic carbocycles. The number of hydrogen-bond donors (Lipinski definition) is 1. The number of hydrogen-bond acceptors (Lipinski definition) is 6. The number of anilines is 2. The number of carbonyl (C=O) groups is 1. The molecular formula is C18H18ClN3O6S. The predicted octanol–water partition coefficient (Wildman–Crippen LogP) is 3.11. The van der Waals surface area contributed by atoms with Crippen molar-refractivity contribution >= 4 is 44.6 Å². The topological polar surface area (TPSA) is 119 Å². The van der Waals surface area contributed by atoms with E-state index in [0.717, 1.165) is 10.6 Å². The standard InChI is InChI=1S/C18H18ClN3O6S/c1-11-3-5-13(22(24)25)10-14(11)20-18(23)17-7-8-21(29(2,26)27)15-9-12(19)4-6-16(15)28-17/h3-6,9-10,17H,7-8H2,1-2H3,(H,20,23). The van der Waals surface area contributed by atoms with Gasteiger partial charge in [0.2, 0.25) is 10.0 Å². The molecule has 9 nitrogen and oxygen atoms in total. The Balaban J connectivity index is 1.89. The van der Waals surface area contributed by atoms with Crippen molar-refractivity contribution < 1.29 is 22.9 Å². The lowest BCUT2D eigenvalue weighted by Crippen LogP contribution is -2.36. The van der Waals surface area contributed by atoms with E-state index in [-0.39, 0.29) is 35.8 Å². The SMILES string of the molecule is Cc1ccc([N+](=O)[O-])cc1NC(=O)C1CCN(S(C)(=O)=O)c2cc(Cl)ccc2O1. The molecule has 0 saturated carbocycles. The molecule has 2 aromatic rings. The second-order valence-electron chi connectivity index (χ2n) is 6.59. The van der Waals surface area contributed by atoms with Crippen molar-refractivity contribution in [2.75, 3.05) is 22.4 Å². The number of benzene rings is 2. The van der Waals surface area contributed by atoms with Crippen LogP contribution in [0, 0.1) is 17.0 Å². The van der Waals surface area contributed by atoms with Crippen molar-refractivity contribution in [3.63, 3.8) is 0 Å². The van der Waals surface area contributed by atoms with Gasteiger partial charge in [-0.05, 0) is 30.7 Å². The highest BCUT2D eigenvalue weighted by molar-refractivity contribution is 7.92. The summed E-state index contributed by atoms with van der Waals surface area (Å²) in [5.74, 6) is -0.335. The van der Waals surface area contributed by atoms with Gasteiger partial charge in [0.1, 0.15) is 5.75 Å². The summed E-state index contributed by atoms with van der Waals surface area (Å²) in [6.07, 6.45) is 0.143. The average Bonchev–Trinajstić information content (AvgIpc) is 2.82. The Morgan fingerprint density at radius 1 is 1.31 bits per heavy atom. The van der Waals surface area contributed by atoms with Gasteiger partial charge in [0, 0.05) is 30.1 Å².